The van der Waals surface area contributed by atoms with E-state index in [2.05, 4.69) is 42.7 Å². The predicted octanol–water partition coefficient (Wildman–Crippen LogP) is 2.43. The van der Waals surface area contributed by atoms with Gasteiger partial charge in [0.2, 0.25) is 0 Å². The number of ether oxygens (including phenoxy) is 1. The molecule has 21 heavy (non-hydrogen) atoms. The minimum absolute atomic E-state index is 0.104. The zero-order valence-electron chi connectivity index (χ0n) is 13.5. The summed E-state index contributed by atoms with van der Waals surface area (Å²) in [6.07, 6.45) is 9.65. The van der Waals surface area contributed by atoms with E-state index in [9.17, 15) is 0 Å². The molecular weight excluding hydrogens is 260 g/mol. The van der Waals surface area contributed by atoms with Gasteiger partial charge in [0.1, 0.15) is 0 Å². The van der Waals surface area contributed by atoms with Crippen molar-refractivity contribution in [2.45, 2.75) is 13.3 Å². The second-order valence-electron chi connectivity index (χ2n) is 6.34. The quantitative estimate of drug-likeness (QED) is 0.670. The molecule has 0 aromatic heterocycles. The summed E-state index contributed by atoms with van der Waals surface area (Å²) < 4.78 is 5.42. The summed E-state index contributed by atoms with van der Waals surface area (Å²) in [4.78, 5) is 5.10. The first-order valence-electron chi connectivity index (χ1n) is 8.16. The molecule has 3 heteroatoms. The molecule has 2 aliphatic heterocycles. The van der Waals surface area contributed by atoms with E-state index in [1.54, 1.807) is 0 Å². The summed E-state index contributed by atoms with van der Waals surface area (Å²) in [5, 5.41) is 0. The summed E-state index contributed by atoms with van der Waals surface area (Å²) >= 11 is 0. The summed E-state index contributed by atoms with van der Waals surface area (Å²) in [6.45, 7) is 18.7. The molecule has 2 fully saturated rings. The van der Waals surface area contributed by atoms with Crippen LogP contribution in [0.1, 0.15) is 13.3 Å². The SMILES string of the molecule is C=C[CH-]C1([CH-]C=C)CN(CCN2CCOCC2)CCC1C. The first kappa shape index (κ1) is 16.5. The summed E-state index contributed by atoms with van der Waals surface area (Å²) in [5.74, 6) is 0.646. The molecule has 120 valence electrons. The highest BCUT2D eigenvalue weighted by Gasteiger charge is 2.32. The van der Waals surface area contributed by atoms with Gasteiger partial charge in [0, 0.05) is 26.2 Å². The van der Waals surface area contributed by atoms with Gasteiger partial charge in [-0.1, -0.05) is 12.8 Å². The van der Waals surface area contributed by atoms with E-state index >= 15 is 0 Å². The maximum atomic E-state index is 5.42. The van der Waals surface area contributed by atoms with Crippen LogP contribution < -0.4 is 0 Å². The van der Waals surface area contributed by atoms with E-state index in [1.807, 2.05) is 12.2 Å². The number of hydrogen-bond acceptors (Lipinski definition) is 3. The van der Waals surface area contributed by atoms with Gasteiger partial charge in [-0.25, -0.2) is 38.2 Å². The van der Waals surface area contributed by atoms with E-state index in [0.717, 1.165) is 45.9 Å². The minimum Gasteiger partial charge on any atom is -0.379 e. The largest absolute Gasteiger partial charge is 0.379 e. The van der Waals surface area contributed by atoms with Crippen molar-refractivity contribution in [2.75, 3.05) is 52.5 Å². The van der Waals surface area contributed by atoms with E-state index < -0.39 is 0 Å². The van der Waals surface area contributed by atoms with Gasteiger partial charge in [-0.05, 0) is 19.5 Å². The van der Waals surface area contributed by atoms with Crippen LogP contribution >= 0.6 is 0 Å². The minimum atomic E-state index is 0.104. The summed E-state index contributed by atoms with van der Waals surface area (Å²) in [7, 11) is 0. The first-order chi connectivity index (χ1) is 10.2. The lowest BCUT2D eigenvalue weighted by molar-refractivity contribution is 0.0250. The Morgan fingerprint density at radius 2 is 1.71 bits per heavy atom. The van der Waals surface area contributed by atoms with Crippen molar-refractivity contribution in [1.29, 1.82) is 0 Å². The smallest absolute Gasteiger partial charge is 0.0594 e. The van der Waals surface area contributed by atoms with E-state index in [4.69, 9.17) is 4.74 Å². The average Bonchev–Trinajstić information content (AvgIpc) is 2.50. The molecule has 0 radical (unpaired) electrons. The van der Waals surface area contributed by atoms with Crippen molar-refractivity contribution in [3.8, 4) is 0 Å². The van der Waals surface area contributed by atoms with Crippen LogP contribution in [0.3, 0.4) is 0 Å². The van der Waals surface area contributed by atoms with Crippen molar-refractivity contribution >= 4 is 0 Å². The molecule has 1 unspecified atom stereocenters. The highest BCUT2D eigenvalue weighted by molar-refractivity contribution is 5.18. The van der Waals surface area contributed by atoms with Crippen molar-refractivity contribution in [3.05, 3.63) is 38.2 Å². The molecule has 0 aromatic rings. The number of allylic oxidation sites excluding steroid dienone is 2. The number of morpholine rings is 1. The van der Waals surface area contributed by atoms with Gasteiger partial charge < -0.3 is 9.64 Å². The lowest BCUT2D eigenvalue weighted by Gasteiger charge is -2.54. The summed E-state index contributed by atoms with van der Waals surface area (Å²) in [6, 6.07) is 0. The van der Waals surface area contributed by atoms with Gasteiger partial charge in [-0.2, -0.15) is 0 Å². The Morgan fingerprint density at radius 3 is 2.33 bits per heavy atom. The van der Waals surface area contributed by atoms with E-state index in [-0.39, 0.29) is 5.41 Å². The zero-order chi connectivity index (χ0) is 15.1. The Bertz CT molecular complexity index is 326. The van der Waals surface area contributed by atoms with Gasteiger partial charge in [-0.3, -0.25) is 4.90 Å². The monoisotopic (exact) mass is 290 g/mol. The van der Waals surface area contributed by atoms with Crippen LogP contribution in [-0.2, 0) is 4.74 Å². The second kappa shape index (κ2) is 7.92. The van der Waals surface area contributed by atoms with Gasteiger partial charge in [-0.15, -0.1) is 5.41 Å². The molecule has 2 aliphatic rings. The molecule has 2 rings (SSSR count). The molecule has 0 saturated carbocycles. The summed E-state index contributed by atoms with van der Waals surface area (Å²) in [5.41, 5.74) is 0.104. The third-order valence-electron chi connectivity index (χ3n) is 4.99. The zero-order valence-corrected chi connectivity index (χ0v) is 13.5. The van der Waals surface area contributed by atoms with Crippen molar-refractivity contribution in [2.24, 2.45) is 11.3 Å². The highest BCUT2D eigenvalue weighted by atomic mass is 16.5. The number of nitrogens with zero attached hydrogens (tertiary/aromatic N) is 2. The molecule has 2 heterocycles. The normalized spacial score (nSPS) is 27.0. The van der Waals surface area contributed by atoms with Gasteiger partial charge in [0.05, 0.1) is 13.2 Å². The third-order valence-corrected chi connectivity index (χ3v) is 4.99. The van der Waals surface area contributed by atoms with Gasteiger partial charge in [0.15, 0.2) is 0 Å². The predicted molar refractivity (Wildman–Crippen MR) is 88.9 cm³/mol. The Hall–Kier alpha value is -0.900. The fourth-order valence-electron chi connectivity index (χ4n) is 3.49. The number of likely N-dealkylation sites (tertiary alicyclic amines) is 1. The fraction of sp³-hybridized carbons (Fsp3) is 0.667. The number of piperidine rings is 1. The fourth-order valence-corrected chi connectivity index (χ4v) is 3.49. The first-order valence-corrected chi connectivity index (χ1v) is 8.16. The van der Waals surface area contributed by atoms with Crippen molar-refractivity contribution in [3.63, 3.8) is 0 Å². The second-order valence-corrected chi connectivity index (χ2v) is 6.34. The third kappa shape index (κ3) is 4.29. The van der Waals surface area contributed by atoms with Crippen molar-refractivity contribution < 1.29 is 4.74 Å². The molecule has 0 aromatic carbocycles. The van der Waals surface area contributed by atoms with Crippen molar-refractivity contribution in [1.82, 2.24) is 9.80 Å². The Kier molecular flexibility index (Phi) is 6.22. The van der Waals surface area contributed by atoms with Gasteiger partial charge in [0.25, 0.3) is 0 Å². The van der Waals surface area contributed by atoms with Gasteiger partial charge >= 0.3 is 0 Å². The van der Waals surface area contributed by atoms with Crippen LogP contribution in [0.5, 0.6) is 0 Å². The van der Waals surface area contributed by atoms with E-state index in [0.29, 0.717) is 5.92 Å². The van der Waals surface area contributed by atoms with Crippen LogP contribution in [0.15, 0.2) is 25.3 Å². The molecule has 3 nitrogen and oxygen atoms in total. The number of hydrogen-bond donors (Lipinski definition) is 0. The standard InChI is InChI=1S/C18H30N2O/c1-4-7-18(8-5-2)16-20(9-6-17(18)3)11-10-19-12-14-21-15-13-19/h4-5,7-8,17H,1-2,6,9-16H2,3H3/q-2. The Morgan fingerprint density at radius 1 is 1.10 bits per heavy atom. The maximum absolute atomic E-state index is 5.42. The molecule has 0 N–H and O–H groups in total. The van der Waals surface area contributed by atoms with Crippen LogP contribution in [0, 0.1) is 24.2 Å². The van der Waals surface area contributed by atoms with Crippen LogP contribution in [0.4, 0.5) is 0 Å². The van der Waals surface area contributed by atoms with Crippen LogP contribution in [-0.4, -0.2) is 62.3 Å². The van der Waals surface area contributed by atoms with Crippen LogP contribution in [0.25, 0.3) is 0 Å². The van der Waals surface area contributed by atoms with Crippen LogP contribution in [0.2, 0.25) is 0 Å². The molecule has 0 spiro atoms. The Labute approximate surface area is 130 Å². The molecule has 0 amide bonds. The molecule has 0 aliphatic carbocycles. The maximum Gasteiger partial charge on any atom is 0.0594 e. The lowest BCUT2D eigenvalue weighted by atomic mass is 9.67. The lowest BCUT2D eigenvalue weighted by Crippen LogP contribution is -2.50. The average molecular weight is 290 g/mol. The molecular formula is C18H30N2O-2. The molecule has 1 atom stereocenters. The Balaban J connectivity index is 1.88. The topological polar surface area (TPSA) is 15.7 Å². The molecule has 2 saturated heterocycles. The van der Waals surface area contributed by atoms with E-state index in [1.165, 1.54) is 13.0 Å². The highest BCUT2D eigenvalue weighted by Crippen LogP contribution is 2.40. The molecule has 0 bridgehead atoms. The number of rotatable bonds is 7.